The van der Waals surface area contributed by atoms with Gasteiger partial charge in [-0.1, -0.05) is 6.92 Å². The van der Waals surface area contributed by atoms with Crippen molar-refractivity contribution in [1.29, 1.82) is 0 Å². The molecule has 5 saturated heterocycles. The molecule has 0 N–H and O–H groups in total. The van der Waals surface area contributed by atoms with E-state index in [0.717, 1.165) is 18.0 Å². The summed E-state index contributed by atoms with van der Waals surface area (Å²) in [4.78, 5) is 12.1. The SMILES string of the molecule is CC1CCN(C)CC1.CN1CC2CC(C1)N2C.CN1CCN(C)CC1. The zero-order chi connectivity index (χ0) is 18.4. The van der Waals surface area contributed by atoms with Crippen molar-refractivity contribution in [3.05, 3.63) is 0 Å². The second-order valence-electron chi connectivity index (χ2n) is 9.02. The number of piperidine rings is 2. The van der Waals surface area contributed by atoms with Crippen molar-refractivity contribution in [1.82, 2.24) is 24.5 Å². The van der Waals surface area contributed by atoms with Crippen LogP contribution in [-0.4, -0.2) is 124 Å². The molecule has 5 aliphatic heterocycles. The van der Waals surface area contributed by atoms with Gasteiger partial charge in [-0.3, -0.25) is 4.90 Å². The van der Waals surface area contributed by atoms with Crippen molar-refractivity contribution in [2.24, 2.45) is 5.92 Å². The Morgan fingerprint density at radius 2 is 0.960 bits per heavy atom. The molecule has 0 aromatic carbocycles. The van der Waals surface area contributed by atoms with Crippen LogP contribution in [0.5, 0.6) is 0 Å². The minimum Gasteiger partial charge on any atom is -0.306 e. The summed E-state index contributed by atoms with van der Waals surface area (Å²) in [5.41, 5.74) is 0. The van der Waals surface area contributed by atoms with Crippen molar-refractivity contribution in [3.63, 3.8) is 0 Å². The van der Waals surface area contributed by atoms with Gasteiger partial charge in [0.1, 0.15) is 0 Å². The highest BCUT2D eigenvalue weighted by atomic mass is 15.3. The quantitative estimate of drug-likeness (QED) is 0.649. The van der Waals surface area contributed by atoms with E-state index in [1.165, 1.54) is 71.6 Å². The third kappa shape index (κ3) is 7.14. The lowest BCUT2D eigenvalue weighted by Crippen LogP contribution is -2.66. The third-order valence-electron chi connectivity index (χ3n) is 6.48. The molecule has 148 valence electrons. The third-order valence-corrected chi connectivity index (χ3v) is 6.48. The van der Waals surface area contributed by atoms with Gasteiger partial charge in [0.25, 0.3) is 0 Å². The Kier molecular flexibility index (Phi) is 8.62. The van der Waals surface area contributed by atoms with E-state index in [9.17, 15) is 0 Å². The van der Waals surface area contributed by atoms with Crippen LogP contribution in [0.15, 0.2) is 0 Å². The minimum absolute atomic E-state index is 0.883. The van der Waals surface area contributed by atoms with E-state index in [4.69, 9.17) is 0 Å². The molecule has 0 spiro atoms. The van der Waals surface area contributed by atoms with E-state index in [2.05, 4.69) is 66.7 Å². The molecule has 2 bridgehead atoms. The molecule has 5 heteroatoms. The van der Waals surface area contributed by atoms with Gasteiger partial charge in [-0.15, -0.1) is 0 Å². The van der Waals surface area contributed by atoms with Gasteiger partial charge in [-0.05, 0) is 73.5 Å². The molecule has 2 unspecified atom stereocenters. The summed E-state index contributed by atoms with van der Waals surface area (Å²) in [6.45, 7) is 12.5. The van der Waals surface area contributed by atoms with Crippen molar-refractivity contribution in [2.45, 2.75) is 38.3 Å². The topological polar surface area (TPSA) is 16.2 Å². The van der Waals surface area contributed by atoms with E-state index in [1.807, 2.05) is 0 Å². The van der Waals surface area contributed by atoms with Crippen LogP contribution in [0.25, 0.3) is 0 Å². The number of rotatable bonds is 0. The molecule has 5 heterocycles. The van der Waals surface area contributed by atoms with Crippen LogP contribution in [0.3, 0.4) is 0 Å². The van der Waals surface area contributed by atoms with E-state index >= 15 is 0 Å². The van der Waals surface area contributed by atoms with Crippen LogP contribution in [0.1, 0.15) is 26.2 Å². The molecule has 0 aliphatic carbocycles. The monoisotopic (exact) mass is 353 g/mol. The van der Waals surface area contributed by atoms with Gasteiger partial charge in [-0.2, -0.15) is 0 Å². The lowest BCUT2D eigenvalue weighted by Gasteiger charge is -2.54. The molecule has 5 rings (SSSR count). The summed E-state index contributed by atoms with van der Waals surface area (Å²) in [6, 6.07) is 1.77. The summed E-state index contributed by atoms with van der Waals surface area (Å²) in [7, 11) is 11.0. The van der Waals surface area contributed by atoms with E-state index in [-0.39, 0.29) is 0 Å². The van der Waals surface area contributed by atoms with Crippen molar-refractivity contribution >= 4 is 0 Å². The maximum absolute atomic E-state index is 2.50. The maximum atomic E-state index is 2.50. The fourth-order valence-electron chi connectivity index (χ4n) is 4.05. The van der Waals surface area contributed by atoms with Crippen molar-refractivity contribution in [3.8, 4) is 0 Å². The first-order valence-electron chi connectivity index (χ1n) is 10.3. The number of piperazine rings is 2. The zero-order valence-electron chi connectivity index (χ0n) is 17.7. The first-order chi connectivity index (χ1) is 11.8. The Morgan fingerprint density at radius 1 is 0.560 bits per heavy atom. The molecule has 5 nitrogen and oxygen atoms in total. The smallest absolute Gasteiger partial charge is 0.0238 e. The first kappa shape index (κ1) is 21.1. The Hall–Kier alpha value is -0.200. The van der Waals surface area contributed by atoms with E-state index in [0.29, 0.717) is 0 Å². The molecule has 2 atom stereocenters. The van der Waals surface area contributed by atoms with Gasteiger partial charge in [0.05, 0.1) is 0 Å². The molecular weight excluding hydrogens is 310 g/mol. The van der Waals surface area contributed by atoms with Crippen molar-refractivity contribution in [2.75, 3.05) is 87.6 Å². The zero-order valence-corrected chi connectivity index (χ0v) is 17.7. The number of hydrogen-bond donors (Lipinski definition) is 0. The normalized spacial score (nSPS) is 32.9. The van der Waals surface area contributed by atoms with Crippen LogP contribution >= 0.6 is 0 Å². The lowest BCUT2D eigenvalue weighted by atomic mass is 9.89. The number of nitrogens with zero attached hydrogens (tertiary/aromatic N) is 5. The average Bonchev–Trinajstić information content (AvgIpc) is 2.61. The molecule has 5 fully saturated rings. The van der Waals surface area contributed by atoms with E-state index in [1.54, 1.807) is 0 Å². The highest BCUT2D eigenvalue weighted by Gasteiger charge is 2.40. The minimum atomic E-state index is 0.883. The number of likely N-dealkylation sites (tertiary alicyclic amines) is 1. The Bertz CT molecular complexity index is 309. The highest BCUT2D eigenvalue weighted by molar-refractivity contribution is 4.97. The maximum Gasteiger partial charge on any atom is 0.0238 e. The fraction of sp³-hybridized carbons (Fsp3) is 1.00. The number of likely N-dealkylation sites (N-methyl/N-ethyl adjacent to an activating group) is 4. The summed E-state index contributed by atoms with van der Waals surface area (Å²) < 4.78 is 0. The predicted molar refractivity (Wildman–Crippen MR) is 108 cm³/mol. The number of fused-ring (bicyclic) bond motifs is 2. The molecule has 0 radical (unpaired) electrons. The van der Waals surface area contributed by atoms with Gasteiger partial charge in [0.2, 0.25) is 0 Å². The summed E-state index contributed by atoms with van der Waals surface area (Å²) in [6.07, 6.45) is 4.24. The van der Waals surface area contributed by atoms with Gasteiger partial charge >= 0.3 is 0 Å². The van der Waals surface area contributed by atoms with Gasteiger partial charge in [-0.25, -0.2) is 0 Å². The number of hydrogen-bond acceptors (Lipinski definition) is 5. The van der Waals surface area contributed by atoms with Crippen LogP contribution in [0.2, 0.25) is 0 Å². The summed E-state index contributed by atoms with van der Waals surface area (Å²) >= 11 is 0. The predicted octanol–water partition coefficient (Wildman–Crippen LogP) is 1.22. The molecule has 0 amide bonds. The molecule has 0 saturated carbocycles. The first-order valence-corrected chi connectivity index (χ1v) is 10.3. The standard InChI is InChI=1S/C7H14N2.C7H15N.C6H14N2/c1-8-4-6-3-7(5-8)9(6)2;2*1-7-3-5-8(2)6-4-7/h6-7H,3-5H2,1-2H3;7H,3-6H2,1-2H3;3-6H2,1-2H3. The molecule has 0 aromatic heterocycles. The second-order valence-corrected chi connectivity index (χ2v) is 9.02. The Morgan fingerprint density at radius 3 is 1.28 bits per heavy atom. The second kappa shape index (κ2) is 10.2. The highest BCUT2D eigenvalue weighted by Crippen LogP contribution is 2.28. The van der Waals surface area contributed by atoms with Crippen LogP contribution < -0.4 is 0 Å². The Balaban J connectivity index is 0.000000136. The van der Waals surface area contributed by atoms with Crippen LogP contribution in [0.4, 0.5) is 0 Å². The molecule has 5 aliphatic rings. The van der Waals surface area contributed by atoms with Crippen molar-refractivity contribution < 1.29 is 0 Å². The van der Waals surface area contributed by atoms with E-state index < -0.39 is 0 Å². The molecule has 25 heavy (non-hydrogen) atoms. The van der Waals surface area contributed by atoms with Gasteiger partial charge in [0, 0.05) is 51.4 Å². The lowest BCUT2D eigenvalue weighted by molar-refractivity contribution is -0.0408. The fourth-order valence-corrected chi connectivity index (χ4v) is 4.05. The van der Waals surface area contributed by atoms with Gasteiger partial charge < -0.3 is 19.6 Å². The summed E-state index contributed by atoms with van der Waals surface area (Å²) in [5, 5.41) is 0. The average molecular weight is 354 g/mol. The van der Waals surface area contributed by atoms with Crippen LogP contribution in [-0.2, 0) is 0 Å². The molecular formula is C20H43N5. The Labute approximate surface area is 156 Å². The summed E-state index contributed by atoms with van der Waals surface area (Å²) in [5.74, 6) is 0.978. The largest absolute Gasteiger partial charge is 0.306 e. The van der Waals surface area contributed by atoms with Gasteiger partial charge in [0.15, 0.2) is 0 Å². The molecule has 0 aromatic rings. The van der Waals surface area contributed by atoms with Crippen LogP contribution in [0, 0.1) is 5.92 Å².